The molecule has 0 atom stereocenters. The SMILES string of the molecule is O=C(NNC1=C(C(=O)C(F)(F)F)CCCCC1)c1ccccc1[N+](=O)[O-]. The monoisotopic (exact) mass is 371 g/mol. The maximum Gasteiger partial charge on any atom is 0.454 e. The summed E-state index contributed by atoms with van der Waals surface area (Å²) in [6, 6.07) is 5.17. The first kappa shape index (κ1) is 19.4. The largest absolute Gasteiger partial charge is 0.454 e. The van der Waals surface area contributed by atoms with E-state index in [4.69, 9.17) is 0 Å². The maximum atomic E-state index is 12.8. The first-order valence-electron chi connectivity index (χ1n) is 7.85. The zero-order valence-corrected chi connectivity index (χ0v) is 13.6. The number of ketones is 1. The number of amides is 1. The fraction of sp³-hybridized carbons (Fsp3) is 0.375. The number of nitro groups is 1. The molecule has 0 saturated carbocycles. The van der Waals surface area contributed by atoms with E-state index in [0.29, 0.717) is 19.3 Å². The number of carbonyl (C=O) groups is 2. The van der Waals surface area contributed by atoms with Crippen LogP contribution in [0.5, 0.6) is 0 Å². The Morgan fingerprint density at radius 3 is 2.38 bits per heavy atom. The molecule has 0 spiro atoms. The van der Waals surface area contributed by atoms with Gasteiger partial charge >= 0.3 is 6.18 Å². The number of benzene rings is 1. The summed E-state index contributed by atoms with van der Waals surface area (Å²) in [5.74, 6) is -2.82. The van der Waals surface area contributed by atoms with Gasteiger partial charge in [-0.2, -0.15) is 13.2 Å². The number of hydrazine groups is 1. The Kier molecular flexibility index (Phi) is 5.96. The summed E-state index contributed by atoms with van der Waals surface area (Å²) in [5.41, 5.74) is 3.40. The van der Waals surface area contributed by atoms with Crippen molar-refractivity contribution >= 4 is 17.4 Å². The molecule has 0 unspecified atom stereocenters. The zero-order valence-electron chi connectivity index (χ0n) is 13.6. The van der Waals surface area contributed by atoms with Crippen LogP contribution in [-0.4, -0.2) is 22.8 Å². The summed E-state index contributed by atoms with van der Waals surface area (Å²) in [6.07, 6.45) is -3.26. The van der Waals surface area contributed by atoms with Gasteiger partial charge in [0, 0.05) is 17.3 Å². The van der Waals surface area contributed by atoms with Crippen LogP contribution >= 0.6 is 0 Å². The van der Waals surface area contributed by atoms with Gasteiger partial charge in [0.25, 0.3) is 17.4 Å². The second kappa shape index (κ2) is 7.98. The molecule has 140 valence electrons. The van der Waals surface area contributed by atoms with Gasteiger partial charge in [-0.1, -0.05) is 18.6 Å². The number of nitro benzene ring substituents is 1. The highest BCUT2D eigenvalue weighted by molar-refractivity contribution is 6.00. The molecule has 0 radical (unpaired) electrons. The highest BCUT2D eigenvalue weighted by atomic mass is 19.4. The van der Waals surface area contributed by atoms with Crippen molar-refractivity contribution in [2.45, 2.75) is 38.3 Å². The van der Waals surface area contributed by atoms with Crippen molar-refractivity contribution in [1.29, 1.82) is 0 Å². The number of para-hydroxylation sites is 1. The van der Waals surface area contributed by atoms with Gasteiger partial charge in [0.2, 0.25) is 0 Å². The lowest BCUT2D eigenvalue weighted by Gasteiger charge is -2.16. The first-order chi connectivity index (χ1) is 12.2. The van der Waals surface area contributed by atoms with Crippen molar-refractivity contribution in [3.63, 3.8) is 0 Å². The van der Waals surface area contributed by atoms with Crippen molar-refractivity contribution in [2.24, 2.45) is 0 Å². The minimum absolute atomic E-state index is 0.0169. The van der Waals surface area contributed by atoms with Crippen LogP contribution in [0.1, 0.15) is 42.5 Å². The smallest absolute Gasteiger partial charge is 0.302 e. The molecule has 0 heterocycles. The average Bonchev–Trinajstić information content (AvgIpc) is 2.83. The van der Waals surface area contributed by atoms with Crippen LogP contribution in [0.4, 0.5) is 18.9 Å². The third kappa shape index (κ3) is 4.58. The Bertz CT molecular complexity index is 759. The summed E-state index contributed by atoms with van der Waals surface area (Å²) in [5, 5.41) is 11.0. The summed E-state index contributed by atoms with van der Waals surface area (Å²) in [6.45, 7) is 0. The third-order valence-corrected chi connectivity index (χ3v) is 3.92. The molecule has 1 aromatic carbocycles. The molecule has 1 amide bonds. The number of nitrogens with one attached hydrogen (secondary N) is 2. The topological polar surface area (TPSA) is 101 Å². The van der Waals surface area contributed by atoms with Crippen molar-refractivity contribution in [3.05, 3.63) is 51.2 Å². The fourth-order valence-electron chi connectivity index (χ4n) is 2.67. The number of hydrogen-bond donors (Lipinski definition) is 2. The number of hydrogen-bond acceptors (Lipinski definition) is 5. The standard InChI is InChI=1S/C16H16F3N3O4/c17-16(18,19)14(23)10-6-2-1-3-8-12(10)20-21-15(24)11-7-4-5-9-13(11)22(25)26/h4-5,7,9,20H,1-3,6,8H2,(H,21,24). The van der Waals surface area contributed by atoms with E-state index in [1.807, 2.05) is 0 Å². The number of Topliss-reactive ketones (excluding diaryl/α,β-unsaturated/α-hetero) is 1. The number of allylic oxidation sites excluding steroid dienone is 2. The Morgan fingerprint density at radius 2 is 1.73 bits per heavy atom. The zero-order chi connectivity index (χ0) is 19.3. The Hall–Kier alpha value is -2.91. The number of halogens is 3. The molecule has 2 N–H and O–H groups in total. The first-order valence-corrected chi connectivity index (χ1v) is 7.85. The van der Waals surface area contributed by atoms with Crippen LogP contribution in [-0.2, 0) is 4.79 Å². The van der Waals surface area contributed by atoms with E-state index in [1.165, 1.54) is 18.2 Å². The summed E-state index contributed by atoms with van der Waals surface area (Å²) in [4.78, 5) is 34.0. The molecule has 1 aliphatic carbocycles. The molecule has 0 fully saturated rings. The lowest BCUT2D eigenvalue weighted by atomic mass is 10.0. The van der Waals surface area contributed by atoms with Crippen LogP contribution < -0.4 is 10.9 Å². The van der Waals surface area contributed by atoms with E-state index in [1.54, 1.807) is 0 Å². The number of rotatable bonds is 5. The molecule has 0 bridgehead atoms. The van der Waals surface area contributed by atoms with Gasteiger partial charge in [-0.3, -0.25) is 25.1 Å². The van der Waals surface area contributed by atoms with Crippen molar-refractivity contribution in [3.8, 4) is 0 Å². The quantitative estimate of drug-likeness (QED) is 0.611. The molecule has 0 aromatic heterocycles. The second-order valence-electron chi connectivity index (χ2n) is 5.70. The van der Waals surface area contributed by atoms with Gasteiger partial charge < -0.3 is 5.43 Å². The van der Waals surface area contributed by atoms with Crippen LogP contribution in [0, 0.1) is 10.1 Å². The number of carbonyl (C=O) groups excluding carboxylic acids is 2. The van der Waals surface area contributed by atoms with Gasteiger partial charge in [0.15, 0.2) is 0 Å². The predicted octanol–water partition coefficient (Wildman–Crippen LogP) is 3.18. The van der Waals surface area contributed by atoms with E-state index >= 15 is 0 Å². The molecular formula is C16H16F3N3O4. The van der Waals surface area contributed by atoms with E-state index in [0.717, 1.165) is 6.07 Å². The Balaban J connectivity index is 2.22. The van der Waals surface area contributed by atoms with E-state index < -0.39 is 34.1 Å². The normalized spacial score (nSPS) is 15.2. The van der Waals surface area contributed by atoms with Crippen molar-refractivity contribution in [2.75, 3.05) is 0 Å². The molecule has 26 heavy (non-hydrogen) atoms. The van der Waals surface area contributed by atoms with Crippen LogP contribution in [0.3, 0.4) is 0 Å². The average molecular weight is 371 g/mol. The van der Waals surface area contributed by atoms with Crippen LogP contribution in [0.2, 0.25) is 0 Å². The minimum Gasteiger partial charge on any atom is -0.302 e. The highest BCUT2D eigenvalue weighted by Gasteiger charge is 2.41. The van der Waals surface area contributed by atoms with Crippen LogP contribution in [0.15, 0.2) is 35.5 Å². The minimum atomic E-state index is -5.01. The van der Waals surface area contributed by atoms with Gasteiger partial charge in [-0.25, -0.2) is 0 Å². The third-order valence-electron chi connectivity index (χ3n) is 3.92. The molecule has 10 heteroatoms. The summed E-state index contributed by atoms with van der Waals surface area (Å²) in [7, 11) is 0. The lowest BCUT2D eigenvalue weighted by Crippen LogP contribution is -2.39. The summed E-state index contributed by atoms with van der Waals surface area (Å²) >= 11 is 0. The van der Waals surface area contributed by atoms with Crippen molar-refractivity contribution < 1.29 is 27.7 Å². The van der Waals surface area contributed by atoms with Crippen molar-refractivity contribution in [1.82, 2.24) is 10.9 Å². The Morgan fingerprint density at radius 1 is 1.08 bits per heavy atom. The van der Waals surface area contributed by atoms with E-state index in [2.05, 4.69) is 10.9 Å². The summed E-state index contributed by atoms with van der Waals surface area (Å²) < 4.78 is 38.3. The predicted molar refractivity (Wildman–Crippen MR) is 84.9 cm³/mol. The molecule has 0 saturated heterocycles. The lowest BCUT2D eigenvalue weighted by molar-refractivity contribution is -0.385. The van der Waals surface area contributed by atoms with Gasteiger partial charge in [0.1, 0.15) is 5.56 Å². The highest BCUT2D eigenvalue weighted by Crippen LogP contribution is 2.29. The van der Waals surface area contributed by atoms with Gasteiger partial charge in [-0.15, -0.1) is 0 Å². The number of nitrogens with zero attached hydrogens (tertiary/aromatic N) is 1. The molecule has 1 aliphatic rings. The second-order valence-corrected chi connectivity index (χ2v) is 5.70. The Labute approximate surface area is 146 Å². The molecule has 7 nitrogen and oxygen atoms in total. The number of alkyl halides is 3. The van der Waals surface area contributed by atoms with Gasteiger partial charge in [0.05, 0.1) is 4.92 Å². The van der Waals surface area contributed by atoms with Gasteiger partial charge in [-0.05, 0) is 31.7 Å². The van der Waals surface area contributed by atoms with Crippen LogP contribution in [0.25, 0.3) is 0 Å². The molecular weight excluding hydrogens is 355 g/mol. The fourth-order valence-corrected chi connectivity index (χ4v) is 2.67. The van der Waals surface area contributed by atoms with E-state index in [9.17, 15) is 32.9 Å². The van der Waals surface area contributed by atoms with E-state index in [-0.39, 0.29) is 24.1 Å². The molecule has 1 aromatic rings. The maximum absolute atomic E-state index is 12.8. The molecule has 2 rings (SSSR count). The molecule has 0 aliphatic heterocycles.